The van der Waals surface area contributed by atoms with Crippen LogP contribution in [0.25, 0.3) is 0 Å². The van der Waals surface area contributed by atoms with Crippen molar-refractivity contribution in [3.63, 3.8) is 0 Å². The van der Waals surface area contributed by atoms with E-state index in [9.17, 15) is 15.0 Å². The summed E-state index contributed by atoms with van der Waals surface area (Å²) >= 11 is 0. The Kier molecular flexibility index (Phi) is 64.3. The highest BCUT2D eigenvalue weighted by Gasteiger charge is 2.20. The van der Waals surface area contributed by atoms with Gasteiger partial charge >= 0.3 is 0 Å². The second-order valence-electron chi connectivity index (χ2n) is 22.2. The Hall–Kier alpha value is -3.21. The molecule has 0 aliphatic rings. The molecule has 2 unspecified atom stereocenters. The highest BCUT2D eigenvalue weighted by atomic mass is 16.3. The largest absolute Gasteiger partial charge is 0.394 e. The predicted molar refractivity (Wildman–Crippen MR) is 345 cm³/mol. The van der Waals surface area contributed by atoms with E-state index in [1.807, 2.05) is 0 Å². The number of nitrogens with one attached hydrogen (secondary N) is 1. The number of allylic oxidation sites excluding steroid dienone is 20. The van der Waals surface area contributed by atoms with Crippen LogP contribution in [0.15, 0.2) is 122 Å². The molecule has 4 heteroatoms. The minimum atomic E-state index is -0.676. The van der Waals surface area contributed by atoms with Crippen LogP contribution in [0.2, 0.25) is 0 Å². The van der Waals surface area contributed by atoms with E-state index in [4.69, 9.17) is 0 Å². The van der Waals surface area contributed by atoms with Gasteiger partial charge in [0.05, 0.1) is 18.8 Å². The second-order valence-corrected chi connectivity index (χ2v) is 22.2. The van der Waals surface area contributed by atoms with Gasteiger partial charge in [0.25, 0.3) is 0 Å². The van der Waals surface area contributed by atoms with Crippen molar-refractivity contribution in [2.45, 2.75) is 328 Å². The van der Waals surface area contributed by atoms with E-state index < -0.39 is 12.1 Å². The smallest absolute Gasteiger partial charge is 0.220 e. The molecule has 0 rings (SSSR count). The van der Waals surface area contributed by atoms with Gasteiger partial charge in [-0.05, 0) is 89.9 Å². The summed E-state index contributed by atoms with van der Waals surface area (Å²) in [6.07, 6.45) is 102. The lowest BCUT2D eigenvalue weighted by molar-refractivity contribution is -0.123. The number of aliphatic hydroxyl groups excluding tert-OH is 2. The normalized spacial score (nSPS) is 13.6. The second kappa shape index (κ2) is 67.1. The molecule has 0 fully saturated rings. The Morgan fingerprint density at radius 2 is 0.571 bits per heavy atom. The highest BCUT2D eigenvalue weighted by Crippen LogP contribution is 2.18. The summed E-state index contributed by atoms with van der Waals surface area (Å²) in [6, 6.07) is -0.555. The van der Waals surface area contributed by atoms with E-state index in [1.54, 1.807) is 0 Å². The summed E-state index contributed by atoms with van der Waals surface area (Å²) in [5.74, 6) is -0.0470. The number of carbonyl (C=O) groups excluding carboxylic acids is 1. The van der Waals surface area contributed by atoms with E-state index in [2.05, 4.69) is 141 Å². The summed E-state index contributed by atoms with van der Waals surface area (Å²) in [4.78, 5) is 12.5. The van der Waals surface area contributed by atoms with Gasteiger partial charge in [-0.2, -0.15) is 0 Å². The quantitative estimate of drug-likeness (QED) is 0.0420. The zero-order valence-corrected chi connectivity index (χ0v) is 50.9. The minimum absolute atomic E-state index is 0.0470. The summed E-state index contributed by atoms with van der Waals surface area (Å²) in [7, 11) is 0. The summed E-state index contributed by atoms with van der Waals surface area (Å²) in [6.45, 7) is 4.26. The van der Waals surface area contributed by atoms with Crippen LogP contribution in [-0.2, 0) is 4.79 Å². The van der Waals surface area contributed by atoms with Gasteiger partial charge in [0.2, 0.25) is 5.91 Å². The lowest BCUT2D eigenvalue weighted by atomic mass is 10.0. The van der Waals surface area contributed by atoms with Crippen molar-refractivity contribution in [3.05, 3.63) is 122 Å². The van der Waals surface area contributed by atoms with Crippen LogP contribution >= 0.6 is 0 Å². The first-order chi connectivity index (χ1) is 38.2. The first-order valence-corrected chi connectivity index (χ1v) is 33.2. The molecule has 0 saturated heterocycles. The van der Waals surface area contributed by atoms with Crippen molar-refractivity contribution < 1.29 is 15.0 Å². The number of hydrogen-bond acceptors (Lipinski definition) is 3. The van der Waals surface area contributed by atoms with E-state index in [-0.39, 0.29) is 12.5 Å². The maximum Gasteiger partial charge on any atom is 0.220 e. The zero-order chi connectivity index (χ0) is 55.5. The van der Waals surface area contributed by atoms with Crippen LogP contribution in [0.5, 0.6) is 0 Å². The third-order valence-corrected chi connectivity index (χ3v) is 14.7. The van der Waals surface area contributed by atoms with Crippen LogP contribution < -0.4 is 5.32 Å². The van der Waals surface area contributed by atoms with Crippen LogP contribution in [-0.4, -0.2) is 34.9 Å². The molecule has 0 aromatic rings. The van der Waals surface area contributed by atoms with E-state index in [1.165, 1.54) is 186 Å². The van der Waals surface area contributed by atoms with Gasteiger partial charge in [0.15, 0.2) is 0 Å². The first kappa shape index (κ1) is 73.8. The Morgan fingerprint density at radius 1 is 0.325 bits per heavy atom. The van der Waals surface area contributed by atoms with Gasteiger partial charge in [-0.1, -0.05) is 341 Å². The molecule has 4 nitrogen and oxygen atoms in total. The molecule has 0 heterocycles. The van der Waals surface area contributed by atoms with Crippen molar-refractivity contribution in [1.82, 2.24) is 5.32 Å². The molecule has 0 aromatic heterocycles. The van der Waals surface area contributed by atoms with E-state index in [0.717, 1.165) is 103 Å². The maximum absolute atomic E-state index is 12.5. The number of amides is 1. The number of carbonyl (C=O) groups is 1. The van der Waals surface area contributed by atoms with Gasteiger partial charge in [-0.3, -0.25) is 4.79 Å². The first-order valence-electron chi connectivity index (χ1n) is 33.2. The fourth-order valence-electron chi connectivity index (χ4n) is 9.75. The monoisotopic (exact) mass is 1070 g/mol. The van der Waals surface area contributed by atoms with Crippen molar-refractivity contribution in [2.75, 3.05) is 6.61 Å². The van der Waals surface area contributed by atoms with Gasteiger partial charge in [-0.25, -0.2) is 0 Å². The van der Waals surface area contributed by atoms with E-state index in [0.29, 0.717) is 12.8 Å². The molecule has 0 spiro atoms. The molecule has 0 aliphatic carbocycles. The number of rotatable bonds is 60. The van der Waals surface area contributed by atoms with Crippen LogP contribution in [0.3, 0.4) is 0 Å². The molecule has 442 valence electrons. The number of unbranched alkanes of at least 4 members (excludes halogenated alkanes) is 33. The molecule has 0 bridgehead atoms. The Labute approximate surface area is 479 Å². The molecule has 1 amide bonds. The molecule has 0 aromatic carbocycles. The Balaban J connectivity index is 3.56. The fourth-order valence-corrected chi connectivity index (χ4v) is 9.75. The Morgan fingerprint density at radius 3 is 0.857 bits per heavy atom. The van der Waals surface area contributed by atoms with Gasteiger partial charge in [-0.15, -0.1) is 0 Å². The number of hydrogen-bond donors (Lipinski definition) is 3. The number of aliphatic hydroxyl groups is 2. The summed E-state index contributed by atoms with van der Waals surface area (Å²) in [5.41, 5.74) is 0. The lowest BCUT2D eigenvalue weighted by Crippen LogP contribution is -2.45. The third-order valence-electron chi connectivity index (χ3n) is 14.7. The van der Waals surface area contributed by atoms with Gasteiger partial charge in [0.1, 0.15) is 0 Å². The standard InChI is InChI=1S/C73H127NO3/c1-3-5-7-9-11-13-15-17-19-21-23-25-27-29-31-33-34-35-36-37-38-39-40-41-43-45-47-49-51-53-55-57-59-61-63-65-67-69-73(77)74-71(70-75)72(76)68-66-64-62-60-58-56-54-52-50-48-46-44-42-32-30-28-26-24-22-20-18-16-14-12-10-8-6-4-2/h5,7,11,13,17,19,23,25,29,31,34-35,37-38,40-41,45,47,51,53,71-72,75-76H,3-4,6,8-10,12,14-16,18,20-22,24,26-28,30,32-33,36,39,42-44,46,48-50,52,54-70H2,1-2H3,(H,74,77)/b7-5-,13-11-,19-17-,25-23-,31-29-,35-34-,38-37-,41-40-,47-45-,53-51-. The highest BCUT2D eigenvalue weighted by molar-refractivity contribution is 5.76. The van der Waals surface area contributed by atoms with E-state index >= 15 is 0 Å². The van der Waals surface area contributed by atoms with Crippen LogP contribution in [0.1, 0.15) is 316 Å². The molecule has 2 atom stereocenters. The molecular weight excluding hydrogens is 939 g/mol. The summed E-state index contributed by atoms with van der Waals surface area (Å²) in [5, 5.41) is 23.4. The average molecular weight is 1070 g/mol. The minimum Gasteiger partial charge on any atom is -0.394 e. The van der Waals surface area contributed by atoms with Crippen LogP contribution in [0.4, 0.5) is 0 Å². The van der Waals surface area contributed by atoms with Crippen LogP contribution in [0, 0.1) is 0 Å². The molecule has 0 saturated carbocycles. The lowest BCUT2D eigenvalue weighted by Gasteiger charge is -2.22. The molecule has 0 aliphatic heterocycles. The van der Waals surface area contributed by atoms with Crippen molar-refractivity contribution in [3.8, 4) is 0 Å². The molecule has 77 heavy (non-hydrogen) atoms. The van der Waals surface area contributed by atoms with Gasteiger partial charge < -0.3 is 15.5 Å². The zero-order valence-electron chi connectivity index (χ0n) is 50.9. The van der Waals surface area contributed by atoms with Gasteiger partial charge in [0, 0.05) is 6.42 Å². The Bertz CT molecular complexity index is 1490. The van der Waals surface area contributed by atoms with Crippen molar-refractivity contribution in [1.29, 1.82) is 0 Å². The SMILES string of the molecule is CC/C=C\C/C=C\C/C=C\C/C=C\C/C=C\C/C=C\C/C=C\C/C=C\C/C=C\C/C=C\CCCCCCCCC(=O)NC(CO)C(O)CCCCCCCCCCCCCCCCCCCCCCCCCCCCCC. The van der Waals surface area contributed by atoms with Crippen molar-refractivity contribution in [2.24, 2.45) is 0 Å². The molecule has 0 radical (unpaired) electrons. The molecule has 3 N–H and O–H groups in total. The topological polar surface area (TPSA) is 69.6 Å². The summed E-state index contributed by atoms with van der Waals surface area (Å²) < 4.78 is 0. The molecular formula is C73H127NO3. The van der Waals surface area contributed by atoms with Crippen molar-refractivity contribution >= 4 is 5.91 Å². The fraction of sp³-hybridized carbons (Fsp3) is 0.712. The average Bonchev–Trinajstić information content (AvgIpc) is 3.43. The predicted octanol–water partition coefficient (Wildman–Crippen LogP) is 22.8. The third kappa shape index (κ3) is 63.5. The maximum atomic E-state index is 12.5.